The van der Waals surface area contributed by atoms with E-state index in [0.29, 0.717) is 6.54 Å². The SMILES string of the molecule is CCn1ccnc1[C@@H]1CN(C(=O)OC(C)(C)C)C[C@H]1O. The fourth-order valence-corrected chi connectivity index (χ4v) is 2.43. The Hall–Kier alpha value is -1.56. The fraction of sp³-hybridized carbons (Fsp3) is 0.714. The van der Waals surface area contributed by atoms with Crippen molar-refractivity contribution in [3.63, 3.8) is 0 Å². The highest BCUT2D eigenvalue weighted by molar-refractivity contribution is 5.68. The summed E-state index contributed by atoms with van der Waals surface area (Å²) in [7, 11) is 0. The second-order valence-corrected chi connectivity index (χ2v) is 6.13. The summed E-state index contributed by atoms with van der Waals surface area (Å²) in [5.74, 6) is 0.670. The second-order valence-electron chi connectivity index (χ2n) is 6.13. The number of likely N-dealkylation sites (tertiary alicyclic amines) is 1. The van der Waals surface area contributed by atoms with Gasteiger partial charge in [0.05, 0.1) is 18.6 Å². The van der Waals surface area contributed by atoms with E-state index < -0.39 is 11.7 Å². The lowest BCUT2D eigenvalue weighted by Crippen LogP contribution is -2.35. The van der Waals surface area contributed by atoms with Crippen LogP contribution in [0, 0.1) is 0 Å². The molecule has 6 nitrogen and oxygen atoms in total. The molecule has 0 unspecified atom stereocenters. The summed E-state index contributed by atoms with van der Waals surface area (Å²) < 4.78 is 7.33. The molecule has 0 spiro atoms. The van der Waals surface area contributed by atoms with Crippen molar-refractivity contribution in [2.45, 2.75) is 51.9 Å². The molecule has 2 heterocycles. The van der Waals surface area contributed by atoms with Crippen molar-refractivity contribution in [2.24, 2.45) is 0 Å². The molecule has 1 saturated heterocycles. The number of aryl methyl sites for hydroxylation is 1. The van der Waals surface area contributed by atoms with Crippen LogP contribution in [0.1, 0.15) is 39.4 Å². The molecule has 1 N–H and O–H groups in total. The normalized spacial score (nSPS) is 23.1. The molecule has 112 valence electrons. The smallest absolute Gasteiger partial charge is 0.410 e. The van der Waals surface area contributed by atoms with Crippen LogP contribution in [0.25, 0.3) is 0 Å². The van der Waals surface area contributed by atoms with E-state index in [1.165, 1.54) is 0 Å². The number of hydrogen-bond acceptors (Lipinski definition) is 4. The largest absolute Gasteiger partial charge is 0.444 e. The molecular formula is C14H23N3O3. The number of rotatable bonds is 2. The molecule has 2 atom stereocenters. The highest BCUT2D eigenvalue weighted by atomic mass is 16.6. The Labute approximate surface area is 119 Å². The molecule has 1 aromatic rings. The predicted octanol–water partition coefficient (Wildman–Crippen LogP) is 1.60. The number of ether oxygens (including phenoxy) is 1. The Bertz CT molecular complexity index is 478. The van der Waals surface area contributed by atoms with Gasteiger partial charge in [0, 0.05) is 25.5 Å². The lowest BCUT2D eigenvalue weighted by atomic mass is 10.1. The molecule has 0 radical (unpaired) electrons. The molecule has 20 heavy (non-hydrogen) atoms. The van der Waals surface area contributed by atoms with Gasteiger partial charge in [-0.2, -0.15) is 0 Å². The predicted molar refractivity (Wildman–Crippen MR) is 74.5 cm³/mol. The van der Waals surface area contributed by atoms with E-state index in [4.69, 9.17) is 4.74 Å². The minimum absolute atomic E-state index is 0.155. The van der Waals surface area contributed by atoms with Gasteiger partial charge in [0.15, 0.2) is 0 Å². The van der Waals surface area contributed by atoms with Gasteiger partial charge in [-0.15, -0.1) is 0 Å². The molecule has 1 aliphatic heterocycles. The maximum Gasteiger partial charge on any atom is 0.410 e. The first-order chi connectivity index (χ1) is 9.31. The highest BCUT2D eigenvalue weighted by Gasteiger charge is 2.38. The lowest BCUT2D eigenvalue weighted by molar-refractivity contribution is 0.0270. The van der Waals surface area contributed by atoms with Gasteiger partial charge < -0.3 is 19.3 Å². The first kappa shape index (κ1) is 14.8. The number of imidazole rings is 1. The van der Waals surface area contributed by atoms with E-state index in [9.17, 15) is 9.90 Å². The van der Waals surface area contributed by atoms with Crippen molar-refractivity contribution >= 4 is 6.09 Å². The lowest BCUT2D eigenvalue weighted by Gasteiger charge is -2.24. The van der Waals surface area contributed by atoms with Crippen molar-refractivity contribution in [2.75, 3.05) is 13.1 Å². The van der Waals surface area contributed by atoms with Crippen LogP contribution in [0.5, 0.6) is 0 Å². The average molecular weight is 281 g/mol. The third kappa shape index (κ3) is 3.12. The van der Waals surface area contributed by atoms with Gasteiger partial charge in [0.25, 0.3) is 0 Å². The summed E-state index contributed by atoms with van der Waals surface area (Å²) in [6, 6.07) is 0. The van der Waals surface area contributed by atoms with Crippen LogP contribution in [0.3, 0.4) is 0 Å². The molecule has 1 aromatic heterocycles. The highest BCUT2D eigenvalue weighted by Crippen LogP contribution is 2.27. The van der Waals surface area contributed by atoms with Gasteiger partial charge in [-0.25, -0.2) is 9.78 Å². The average Bonchev–Trinajstić information content (AvgIpc) is 2.92. The van der Waals surface area contributed by atoms with Crippen LogP contribution in [-0.2, 0) is 11.3 Å². The van der Waals surface area contributed by atoms with Crippen molar-refractivity contribution in [1.82, 2.24) is 14.5 Å². The van der Waals surface area contributed by atoms with Gasteiger partial charge in [-0.3, -0.25) is 0 Å². The van der Waals surface area contributed by atoms with Crippen molar-refractivity contribution in [1.29, 1.82) is 0 Å². The molecule has 1 fully saturated rings. The molecular weight excluding hydrogens is 258 g/mol. The number of aromatic nitrogens is 2. The Morgan fingerprint density at radius 1 is 1.50 bits per heavy atom. The van der Waals surface area contributed by atoms with Crippen molar-refractivity contribution in [3.05, 3.63) is 18.2 Å². The molecule has 0 aromatic carbocycles. The number of hydrogen-bond donors (Lipinski definition) is 1. The minimum atomic E-state index is -0.602. The third-order valence-electron chi connectivity index (χ3n) is 3.36. The Morgan fingerprint density at radius 3 is 2.80 bits per heavy atom. The summed E-state index contributed by atoms with van der Waals surface area (Å²) >= 11 is 0. The van der Waals surface area contributed by atoms with E-state index in [0.717, 1.165) is 12.4 Å². The number of amides is 1. The molecule has 2 rings (SSSR count). The van der Waals surface area contributed by atoms with Gasteiger partial charge in [-0.05, 0) is 27.7 Å². The van der Waals surface area contributed by atoms with E-state index in [-0.39, 0.29) is 18.6 Å². The quantitative estimate of drug-likeness (QED) is 0.894. The molecule has 0 aliphatic carbocycles. The number of aliphatic hydroxyl groups is 1. The Morgan fingerprint density at radius 2 is 2.20 bits per heavy atom. The van der Waals surface area contributed by atoms with Crippen LogP contribution in [0.4, 0.5) is 4.79 Å². The van der Waals surface area contributed by atoms with Crippen LogP contribution in [0.2, 0.25) is 0 Å². The summed E-state index contributed by atoms with van der Waals surface area (Å²) in [5.41, 5.74) is -0.526. The third-order valence-corrected chi connectivity index (χ3v) is 3.36. The van der Waals surface area contributed by atoms with Gasteiger partial charge in [0.2, 0.25) is 0 Å². The number of aliphatic hydroxyl groups excluding tert-OH is 1. The van der Waals surface area contributed by atoms with Crippen LogP contribution < -0.4 is 0 Å². The van der Waals surface area contributed by atoms with Crippen molar-refractivity contribution in [3.8, 4) is 0 Å². The fourth-order valence-electron chi connectivity index (χ4n) is 2.43. The van der Waals surface area contributed by atoms with E-state index in [2.05, 4.69) is 4.98 Å². The number of carbonyl (C=O) groups excluding carboxylic acids is 1. The van der Waals surface area contributed by atoms with Gasteiger partial charge >= 0.3 is 6.09 Å². The maximum atomic E-state index is 12.0. The monoisotopic (exact) mass is 281 g/mol. The first-order valence-electron chi connectivity index (χ1n) is 6.99. The first-order valence-corrected chi connectivity index (χ1v) is 6.99. The van der Waals surface area contributed by atoms with Crippen molar-refractivity contribution < 1.29 is 14.6 Å². The Kier molecular flexibility index (Phi) is 4.04. The van der Waals surface area contributed by atoms with Gasteiger partial charge in [-0.1, -0.05) is 0 Å². The zero-order valence-corrected chi connectivity index (χ0v) is 12.5. The maximum absolute atomic E-state index is 12.0. The van der Waals surface area contributed by atoms with E-state index >= 15 is 0 Å². The van der Waals surface area contributed by atoms with Crippen LogP contribution in [-0.4, -0.2) is 50.4 Å². The molecule has 1 amide bonds. The summed E-state index contributed by atoms with van der Waals surface area (Å²) in [4.78, 5) is 17.9. The second kappa shape index (κ2) is 5.44. The molecule has 6 heteroatoms. The van der Waals surface area contributed by atoms with Gasteiger partial charge in [0.1, 0.15) is 11.4 Å². The Balaban J connectivity index is 2.08. The molecule has 0 bridgehead atoms. The molecule has 0 saturated carbocycles. The van der Waals surface area contributed by atoms with Crippen LogP contribution in [0.15, 0.2) is 12.4 Å². The number of nitrogens with zero attached hydrogens (tertiary/aromatic N) is 3. The number of carbonyl (C=O) groups is 1. The topological polar surface area (TPSA) is 67.6 Å². The molecule has 1 aliphatic rings. The summed E-state index contributed by atoms with van der Waals surface area (Å²) in [6.07, 6.45) is 2.63. The summed E-state index contributed by atoms with van der Waals surface area (Å²) in [5, 5.41) is 10.2. The minimum Gasteiger partial charge on any atom is -0.444 e. The standard InChI is InChI=1S/C14H23N3O3/c1-5-16-7-6-15-12(16)10-8-17(9-11(10)18)13(19)20-14(2,3)4/h6-7,10-11,18H,5,8-9H2,1-4H3/t10-,11-/m1/s1. The van der Waals surface area contributed by atoms with E-state index in [1.54, 1.807) is 11.1 Å². The van der Waals surface area contributed by atoms with Crippen LogP contribution >= 0.6 is 0 Å². The number of β-amino-alcohol motifs (C(OH)–C–C–N with tert-alkyl or cyclic N) is 1. The zero-order valence-electron chi connectivity index (χ0n) is 12.5. The zero-order chi connectivity index (χ0) is 14.9. The summed E-state index contributed by atoms with van der Waals surface area (Å²) in [6.45, 7) is 9.04. The van der Waals surface area contributed by atoms with E-state index in [1.807, 2.05) is 38.5 Å².